The highest BCUT2D eigenvalue weighted by Crippen LogP contribution is 2.35. The maximum atomic E-state index is 12.3. The number of alkyl carbamates (subject to hydrolysis) is 1. The van der Waals surface area contributed by atoms with E-state index in [1.54, 1.807) is 14.2 Å². The number of ether oxygens (including phenoxy) is 3. The molecule has 3 N–H and O–H groups in total. The molecule has 1 aliphatic rings. The fourth-order valence-corrected chi connectivity index (χ4v) is 3.84. The number of nitrogens with zero attached hydrogens (tertiary/aromatic N) is 1. The third kappa shape index (κ3) is 6.71. The molecule has 0 saturated heterocycles. The van der Waals surface area contributed by atoms with E-state index >= 15 is 0 Å². The first-order valence-corrected chi connectivity index (χ1v) is 11.0. The molecular formula is C23H32N4O5. The van der Waals surface area contributed by atoms with Crippen molar-refractivity contribution in [3.8, 4) is 5.75 Å². The van der Waals surface area contributed by atoms with Crippen molar-refractivity contribution in [2.75, 3.05) is 26.1 Å². The van der Waals surface area contributed by atoms with Gasteiger partial charge in [-0.25, -0.2) is 4.79 Å². The summed E-state index contributed by atoms with van der Waals surface area (Å²) < 4.78 is 15.9. The molecule has 3 atom stereocenters. The highest BCUT2D eigenvalue weighted by atomic mass is 16.6. The Morgan fingerprint density at radius 1 is 1.22 bits per heavy atom. The summed E-state index contributed by atoms with van der Waals surface area (Å²) in [6.45, 7) is 2.44. The van der Waals surface area contributed by atoms with Crippen LogP contribution in [0.2, 0.25) is 0 Å². The summed E-state index contributed by atoms with van der Waals surface area (Å²) in [4.78, 5) is 24.3. The Kier molecular flexibility index (Phi) is 8.49. The predicted molar refractivity (Wildman–Crippen MR) is 120 cm³/mol. The third-order valence-electron chi connectivity index (χ3n) is 5.75. The van der Waals surface area contributed by atoms with Crippen molar-refractivity contribution in [1.29, 1.82) is 0 Å². The first-order chi connectivity index (χ1) is 15.5. The summed E-state index contributed by atoms with van der Waals surface area (Å²) in [7, 11) is 3.23. The summed E-state index contributed by atoms with van der Waals surface area (Å²) in [5.41, 5.74) is 1.82. The lowest BCUT2D eigenvalue weighted by Gasteiger charge is -2.16. The number of carbonyl (C=O) groups excluding carboxylic acids is 2. The van der Waals surface area contributed by atoms with E-state index in [1.807, 2.05) is 37.3 Å². The van der Waals surface area contributed by atoms with Gasteiger partial charge in [0.15, 0.2) is 5.82 Å². The topological polar surface area (TPSA) is 115 Å². The molecule has 0 aliphatic heterocycles. The van der Waals surface area contributed by atoms with Gasteiger partial charge in [0.1, 0.15) is 11.9 Å². The van der Waals surface area contributed by atoms with E-state index in [-0.39, 0.29) is 30.5 Å². The van der Waals surface area contributed by atoms with Crippen LogP contribution in [0.1, 0.15) is 49.8 Å². The lowest BCUT2D eigenvalue weighted by atomic mass is 10.0. The number of carbonyl (C=O) groups is 2. The van der Waals surface area contributed by atoms with Crippen LogP contribution >= 0.6 is 0 Å². The summed E-state index contributed by atoms with van der Waals surface area (Å²) >= 11 is 0. The molecule has 174 valence electrons. The van der Waals surface area contributed by atoms with E-state index in [2.05, 4.69) is 20.8 Å². The number of benzene rings is 1. The van der Waals surface area contributed by atoms with Crippen molar-refractivity contribution >= 4 is 17.8 Å². The molecule has 0 radical (unpaired) electrons. The van der Waals surface area contributed by atoms with E-state index < -0.39 is 6.09 Å². The van der Waals surface area contributed by atoms with Crippen LogP contribution in [-0.4, -0.2) is 55.2 Å². The van der Waals surface area contributed by atoms with Crippen LogP contribution in [0.3, 0.4) is 0 Å². The van der Waals surface area contributed by atoms with Gasteiger partial charge in [-0.1, -0.05) is 19.1 Å². The molecule has 2 aromatic rings. The molecule has 1 aromatic heterocycles. The second-order valence-corrected chi connectivity index (χ2v) is 7.97. The number of aromatic nitrogens is 2. The average molecular weight is 445 g/mol. The van der Waals surface area contributed by atoms with Crippen molar-refractivity contribution in [2.24, 2.45) is 0 Å². The summed E-state index contributed by atoms with van der Waals surface area (Å²) in [5.74, 6) is 1.31. The maximum Gasteiger partial charge on any atom is 0.407 e. The average Bonchev–Trinajstić information content (AvgIpc) is 3.44. The number of aromatic amines is 1. The number of hydrogen-bond acceptors (Lipinski definition) is 6. The molecule has 2 unspecified atom stereocenters. The number of nitrogens with one attached hydrogen (secondary N) is 3. The zero-order valence-electron chi connectivity index (χ0n) is 18.8. The standard InChI is InChI=1S/C23H32N4O5/c1-4-17(30-2)14-24-23(29)32-19-10-7-16(12-19)20-13-21(27-26-20)25-22(28)11-15-5-8-18(31-3)9-6-15/h5-6,8-9,13,16-17,19H,4,7,10-12,14H2,1-3H3,(H,24,29)(H2,25,26,27,28)/t16-,17?,19?/m0/s1. The zero-order chi connectivity index (χ0) is 22.9. The SMILES string of the molecule is CCC(CNC(=O)OC1CC[C@H](c2cc(NC(=O)Cc3ccc(OC)cc3)n[nH]2)C1)OC. The van der Waals surface area contributed by atoms with Crippen molar-refractivity contribution in [3.63, 3.8) is 0 Å². The van der Waals surface area contributed by atoms with Crippen LogP contribution in [0.5, 0.6) is 5.75 Å². The van der Waals surface area contributed by atoms with E-state index in [1.165, 1.54) is 0 Å². The van der Waals surface area contributed by atoms with Gasteiger partial charge in [0.05, 0.1) is 19.6 Å². The van der Waals surface area contributed by atoms with Crippen LogP contribution in [0.4, 0.5) is 10.6 Å². The van der Waals surface area contributed by atoms with Gasteiger partial charge in [-0.05, 0) is 43.4 Å². The quantitative estimate of drug-likeness (QED) is 0.518. The molecule has 1 fully saturated rings. The van der Waals surface area contributed by atoms with Crippen LogP contribution in [0.15, 0.2) is 30.3 Å². The molecule has 3 rings (SSSR count). The molecule has 1 heterocycles. The first kappa shape index (κ1) is 23.6. The van der Waals surface area contributed by atoms with Gasteiger partial charge in [0.25, 0.3) is 0 Å². The molecule has 9 heteroatoms. The Morgan fingerprint density at radius 2 is 2.00 bits per heavy atom. The first-order valence-electron chi connectivity index (χ1n) is 11.0. The second-order valence-electron chi connectivity index (χ2n) is 7.97. The van der Waals surface area contributed by atoms with Crippen molar-refractivity contribution in [2.45, 2.75) is 57.2 Å². The molecule has 1 aromatic carbocycles. The van der Waals surface area contributed by atoms with E-state index in [4.69, 9.17) is 14.2 Å². The van der Waals surface area contributed by atoms with Gasteiger partial charge < -0.3 is 24.8 Å². The van der Waals surface area contributed by atoms with Crippen LogP contribution in [0, 0.1) is 0 Å². The van der Waals surface area contributed by atoms with Gasteiger partial charge in [0.2, 0.25) is 5.91 Å². The van der Waals surface area contributed by atoms with Crippen molar-refractivity contribution in [3.05, 3.63) is 41.6 Å². The Hall–Kier alpha value is -3.07. The van der Waals surface area contributed by atoms with E-state index in [9.17, 15) is 9.59 Å². The monoisotopic (exact) mass is 444 g/mol. The summed E-state index contributed by atoms with van der Waals surface area (Å²) in [5, 5.41) is 12.8. The maximum absolute atomic E-state index is 12.3. The Bertz CT molecular complexity index is 879. The Labute approximate surface area is 188 Å². The normalized spacial score (nSPS) is 18.7. The smallest absolute Gasteiger partial charge is 0.407 e. The largest absolute Gasteiger partial charge is 0.497 e. The van der Waals surface area contributed by atoms with Gasteiger partial charge in [-0.3, -0.25) is 9.89 Å². The number of anilines is 1. The van der Waals surface area contributed by atoms with Gasteiger partial charge >= 0.3 is 6.09 Å². The zero-order valence-corrected chi connectivity index (χ0v) is 18.8. The number of hydrogen-bond donors (Lipinski definition) is 3. The van der Waals surface area contributed by atoms with Crippen molar-refractivity contribution < 1.29 is 23.8 Å². The van der Waals surface area contributed by atoms with E-state index in [0.29, 0.717) is 12.4 Å². The fourth-order valence-electron chi connectivity index (χ4n) is 3.84. The molecule has 9 nitrogen and oxygen atoms in total. The number of H-pyrrole nitrogens is 1. The summed E-state index contributed by atoms with van der Waals surface area (Å²) in [6.07, 6.45) is 2.90. The Morgan fingerprint density at radius 3 is 2.69 bits per heavy atom. The van der Waals surface area contributed by atoms with E-state index in [0.717, 1.165) is 42.7 Å². The highest BCUT2D eigenvalue weighted by molar-refractivity contribution is 5.91. The number of methoxy groups -OCH3 is 2. The summed E-state index contributed by atoms with van der Waals surface area (Å²) in [6, 6.07) is 9.23. The minimum atomic E-state index is -0.415. The third-order valence-corrected chi connectivity index (χ3v) is 5.75. The van der Waals surface area contributed by atoms with Crippen LogP contribution in [-0.2, 0) is 20.7 Å². The number of amides is 2. The molecule has 2 amide bonds. The minimum Gasteiger partial charge on any atom is -0.497 e. The van der Waals surface area contributed by atoms with Crippen LogP contribution < -0.4 is 15.4 Å². The van der Waals surface area contributed by atoms with Gasteiger partial charge in [-0.15, -0.1) is 0 Å². The van der Waals surface area contributed by atoms with Gasteiger partial charge in [-0.2, -0.15) is 5.10 Å². The molecular weight excluding hydrogens is 412 g/mol. The molecule has 0 bridgehead atoms. The minimum absolute atomic E-state index is 0.0118. The molecule has 32 heavy (non-hydrogen) atoms. The Balaban J connectivity index is 1.44. The molecule has 0 spiro atoms. The fraction of sp³-hybridized carbons (Fsp3) is 0.522. The number of rotatable bonds is 10. The van der Waals surface area contributed by atoms with Gasteiger partial charge in [0, 0.05) is 31.3 Å². The second kappa shape index (κ2) is 11.5. The van der Waals surface area contributed by atoms with Crippen molar-refractivity contribution in [1.82, 2.24) is 15.5 Å². The molecule has 1 aliphatic carbocycles. The lowest BCUT2D eigenvalue weighted by molar-refractivity contribution is -0.115. The highest BCUT2D eigenvalue weighted by Gasteiger charge is 2.30. The predicted octanol–water partition coefficient (Wildman–Crippen LogP) is 3.39. The molecule has 1 saturated carbocycles. The lowest BCUT2D eigenvalue weighted by Crippen LogP contribution is -2.34. The van der Waals surface area contributed by atoms with Crippen LogP contribution in [0.25, 0.3) is 0 Å².